The molecule has 7 heteroatoms. The first-order valence-corrected chi connectivity index (χ1v) is 9.61. The highest BCUT2D eigenvalue weighted by molar-refractivity contribution is 7.88. The van der Waals surface area contributed by atoms with Gasteiger partial charge in [0.15, 0.2) is 0 Å². The normalized spacial score (nSPS) is 15.2. The van der Waals surface area contributed by atoms with E-state index in [0.717, 1.165) is 43.5 Å². The predicted octanol–water partition coefficient (Wildman–Crippen LogP) is 1.12. The summed E-state index contributed by atoms with van der Waals surface area (Å²) >= 11 is 0. The smallest absolute Gasteiger partial charge is 0.237 e. The molecule has 0 bridgehead atoms. The van der Waals surface area contributed by atoms with Gasteiger partial charge in [0.25, 0.3) is 0 Å². The highest BCUT2D eigenvalue weighted by Crippen LogP contribution is 2.18. The third-order valence-corrected chi connectivity index (χ3v) is 5.31. The van der Waals surface area contributed by atoms with E-state index in [4.69, 9.17) is 4.74 Å². The Bertz CT molecular complexity index is 639. The Morgan fingerprint density at radius 3 is 2.52 bits per heavy atom. The number of carbonyl (C=O) groups excluding carboxylic acids is 1. The topological polar surface area (TPSA) is 66.9 Å². The van der Waals surface area contributed by atoms with Crippen LogP contribution in [0.4, 0.5) is 0 Å². The number of carbonyl (C=O) groups is 1. The van der Waals surface area contributed by atoms with Crippen LogP contribution >= 0.6 is 0 Å². The number of amides is 1. The summed E-state index contributed by atoms with van der Waals surface area (Å²) in [6.07, 6.45) is 3.63. The Balaban J connectivity index is 2.03. The van der Waals surface area contributed by atoms with Crippen LogP contribution in [0.5, 0.6) is 5.75 Å². The fourth-order valence-corrected chi connectivity index (χ4v) is 3.50. The summed E-state index contributed by atoms with van der Waals surface area (Å²) in [6.45, 7) is 1.62. The van der Waals surface area contributed by atoms with E-state index in [1.54, 1.807) is 12.0 Å². The van der Waals surface area contributed by atoms with Gasteiger partial charge in [-0.25, -0.2) is 8.42 Å². The lowest BCUT2D eigenvalue weighted by atomic mass is 10.1. The number of likely N-dealkylation sites (tertiary alicyclic amines) is 1. The summed E-state index contributed by atoms with van der Waals surface area (Å²) in [5.74, 6) is 0.611. The number of hydrogen-bond donors (Lipinski definition) is 0. The van der Waals surface area contributed by atoms with Crippen LogP contribution in [0, 0.1) is 0 Å². The van der Waals surface area contributed by atoms with Crippen LogP contribution in [-0.4, -0.2) is 63.1 Å². The first-order valence-electron chi connectivity index (χ1n) is 7.76. The van der Waals surface area contributed by atoms with E-state index in [1.165, 1.54) is 4.31 Å². The molecule has 1 aromatic carbocycles. The molecule has 0 unspecified atom stereocenters. The maximum Gasteiger partial charge on any atom is 0.237 e. The zero-order valence-electron chi connectivity index (χ0n) is 13.7. The Kier molecular flexibility index (Phi) is 6.01. The van der Waals surface area contributed by atoms with Crippen molar-refractivity contribution in [3.63, 3.8) is 0 Å². The van der Waals surface area contributed by atoms with Crippen molar-refractivity contribution in [1.29, 1.82) is 0 Å². The quantitative estimate of drug-likeness (QED) is 0.746. The highest BCUT2D eigenvalue weighted by Gasteiger charge is 2.25. The van der Waals surface area contributed by atoms with Crippen LogP contribution in [0.15, 0.2) is 24.3 Å². The Hall–Kier alpha value is -1.60. The van der Waals surface area contributed by atoms with Crippen molar-refractivity contribution in [1.82, 2.24) is 9.21 Å². The first kappa shape index (κ1) is 17.7. The molecule has 2 rings (SSSR count). The van der Waals surface area contributed by atoms with Crippen molar-refractivity contribution >= 4 is 15.9 Å². The average molecular weight is 340 g/mol. The number of rotatable bonds is 7. The summed E-state index contributed by atoms with van der Waals surface area (Å²) in [5.41, 5.74) is 0.928. The molecule has 1 heterocycles. The van der Waals surface area contributed by atoms with Gasteiger partial charge in [-0.3, -0.25) is 4.79 Å². The molecule has 0 aliphatic carbocycles. The van der Waals surface area contributed by atoms with E-state index in [2.05, 4.69) is 0 Å². The van der Waals surface area contributed by atoms with Gasteiger partial charge in [-0.2, -0.15) is 4.31 Å². The molecule has 23 heavy (non-hydrogen) atoms. The standard InChI is InChI=1S/C16H24N2O4S/c1-22-15-8-4-3-7-14(15)9-12-18(23(2,20)21)13-16(19)17-10-5-6-11-17/h3-4,7-8H,5-6,9-13H2,1-2H3. The molecule has 0 saturated carbocycles. The number of sulfonamides is 1. The minimum Gasteiger partial charge on any atom is -0.496 e. The lowest BCUT2D eigenvalue weighted by Crippen LogP contribution is -2.42. The molecule has 0 radical (unpaired) electrons. The van der Waals surface area contributed by atoms with Crippen molar-refractivity contribution in [2.24, 2.45) is 0 Å². The molecule has 6 nitrogen and oxygen atoms in total. The minimum atomic E-state index is -3.43. The fraction of sp³-hybridized carbons (Fsp3) is 0.562. The van der Waals surface area contributed by atoms with Crippen molar-refractivity contribution in [2.75, 3.05) is 39.5 Å². The molecule has 1 amide bonds. The molecule has 128 valence electrons. The zero-order chi connectivity index (χ0) is 16.9. The number of para-hydroxylation sites is 1. The molecule has 1 aliphatic rings. The van der Waals surface area contributed by atoms with Crippen LogP contribution in [0.1, 0.15) is 18.4 Å². The van der Waals surface area contributed by atoms with Crippen LogP contribution in [-0.2, 0) is 21.2 Å². The molecule has 1 aromatic rings. The molecule has 1 saturated heterocycles. The number of nitrogens with zero attached hydrogens (tertiary/aromatic N) is 2. The molecule has 0 atom stereocenters. The summed E-state index contributed by atoms with van der Waals surface area (Å²) in [5, 5.41) is 0. The highest BCUT2D eigenvalue weighted by atomic mass is 32.2. The number of methoxy groups -OCH3 is 1. The van der Waals surface area contributed by atoms with Crippen LogP contribution in [0.25, 0.3) is 0 Å². The first-order chi connectivity index (χ1) is 10.9. The molecule has 1 aliphatic heterocycles. The van der Waals surface area contributed by atoms with Crippen LogP contribution < -0.4 is 4.74 Å². The largest absolute Gasteiger partial charge is 0.496 e. The predicted molar refractivity (Wildman–Crippen MR) is 88.9 cm³/mol. The van der Waals surface area contributed by atoms with Gasteiger partial charge >= 0.3 is 0 Å². The second-order valence-electron chi connectivity index (χ2n) is 5.75. The fourth-order valence-electron chi connectivity index (χ4n) is 2.73. The van der Waals surface area contributed by atoms with E-state index in [0.29, 0.717) is 6.42 Å². The van der Waals surface area contributed by atoms with Gasteiger partial charge in [0.1, 0.15) is 5.75 Å². The Morgan fingerprint density at radius 2 is 1.91 bits per heavy atom. The van der Waals surface area contributed by atoms with Crippen molar-refractivity contribution in [3.8, 4) is 5.75 Å². The zero-order valence-corrected chi connectivity index (χ0v) is 14.5. The Labute approximate surface area is 138 Å². The van der Waals surface area contributed by atoms with Crippen molar-refractivity contribution in [2.45, 2.75) is 19.3 Å². The maximum atomic E-state index is 12.2. The number of hydrogen-bond acceptors (Lipinski definition) is 4. The maximum absolute atomic E-state index is 12.2. The number of benzene rings is 1. The molecule has 0 N–H and O–H groups in total. The van der Waals surface area contributed by atoms with Gasteiger partial charge in [-0.05, 0) is 30.9 Å². The van der Waals surface area contributed by atoms with Gasteiger partial charge in [0.05, 0.1) is 19.9 Å². The molecular formula is C16H24N2O4S. The van der Waals surface area contributed by atoms with Gasteiger partial charge in [0.2, 0.25) is 15.9 Å². The van der Waals surface area contributed by atoms with Gasteiger partial charge < -0.3 is 9.64 Å². The summed E-state index contributed by atoms with van der Waals surface area (Å²) < 4.78 is 30.5. The number of ether oxygens (including phenoxy) is 1. The second kappa shape index (κ2) is 7.79. The summed E-state index contributed by atoms with van der Waals surface area (Å²) in [7, 11) is -1.85. The average Bonchev–Trinajstić information content (AvgIpc) is 3.04. The van der Waals surface area contributed by atoms with E-state index in [9.17, 15) is 13.2 Å². The summed E-state index contributed by atoms with van der Waals surface area (Å²) in [6, 6.07) is 7.50. The minimum absolute atomic E-state index is 0.0893. The van der Waals surface area contributed by atoms with E-state index < -0.39 is 10.0 Å². The summed E-state index contributed by atoms with van der Waals surface area (Å²) in [4.78, 5) is 14.0. The van der Waals surface area contributed by atoms with Crippen molar-refractivity contribution < 1.29 is 17.9 Å². The van der Waals surface area contributed by atoms with Crippen LogP contribution in [0.2, 0.25) is 0 Å². The third-order valence-electron chi connectivity index (χ3n) is 4.06. The molecular weight excluding hydrogens is 316 g/mol. The monoisotopic (exact) mass is 340 g/mol. The van der Waals surface area contributed by atoms with Crippen molar-refractivity contribution in [3.05, 3.63) is 29.8 Å². The Morgan fingerprint density at radius 1 is 1.26 bits per heavy atom. The molecule has 0 aromatic heterocycles. The van der Waals surface area contributed by atoms with Gasteiger partial charge in [-0.1, -0.05) is 18.2 Å². The van der Waals surface area contributed by atoms with Gasteiger partial charge in [0, 0.05) is 19.6 Å². The lowest BCUT2D eigenvalue weighted by molar-refractivity contribution is -0.130. The van der Waals surface area contributed by atoms with E-state index in [1.807, 2.05) is 24.3 Å². The van der Waals surface area contributed by atoms with Crippen LogP contribution in [0.3, 0.4) is 0 Å². The lowest BCUT2D eigenvalue weighted by Gasteiger charge is -2.23. The third kappa shape index (κ3) is 4.94. The van der Waals surface area contributed by atoms with E-state index in [-0.39, 0.29) is 19.0 Å². The van der Waals surface area contributed by atoms with E-state index >= 15 is 0 Å². The molecule has 0 spiro atoms. The second-order valence-corrected chi connectivity index (χ2v) is 7.73. The molecule has 1 fully saturated rings. The SMILES string of the molecule is COc1ccccc1CCN(CC(=O)N1CCCC1)S(C)(=O)=O. The van der Waals surface area contributed by atoms with Gasteiger partial charge in [-0.15, -0.1) is 0 Å².